The van der Waals surface area contributed by atoms with Crippen molar-refractivity contribution in [1.82, 2.24) is 0 Å². The Bertz CT molecular complexity index is 540. The van der Waals surface area contributed by atoms with Crippen molar-refractivity contribution in [3.05, 3.63) is 12.2 Å². The van der Waals surface area contributed by atoms with E-state index in [1.165, 1.54) is 44.1 Å². The van der Waals surface area contributed by atoms with Crippen LogP contribution in [0, 0.1) is 46.8 Å². The molecule has 0 unspecified atom stereocenters. The molecule has 0 aromatic heterocycles. The van der Waals surface area contributed by atoms with E-state index in [0.29, 0.717) is 5.41 Å². The van der Waals surface area contributed by atoms with Crippen LogP contribution < -0.4 is 0 Å². The van der Waals surface area contributed by atoms with E-state index < -0.39 is 5.60 Å². The first-order valence-electron chi connectivity index (χ1n) is 10.7. The molecule has 0 aromatic rings. The van der Waals surface area contributed by atoms with Crippen LogP contribution in [0.2, 0.25) is 0 Å². The Morgan fingerprint density at radius 3 is 2.44 bits per heavy atom. The Morgan fingerprint density at radius 1 is 1.04 bits per heavy atom. The van der Waals surface area contributed by atoms with Crippen LogP contribution in [0.25, 0.3) is 0 Å². The van der Waals surface area contributed by atoms with Gasteiger partial charge in [0.1, 0.15) is 0 Å². The summed E-state index contributed by atoms with van der Waals surface area (Å²) < 4.78 is 0. The molecular formula is C23H37BrO. The van der Waals surface area contributed by atoms with Crippen molar-refractivity contribution in [1.29, 1.82) is 0 Å². The average Bonchev–Trinajstić information content (AvgIpc) is 2.91. The van der Waals surface area contributed by atoms with E-state index >= 15 is 0 Å². The van der Waals surface area contributed by atoms with E-state index in [1.807, 2.05) is 0 Å². The van der Waals surface area contributed by atoms with Gasteiger partial charge in [-0.3, -0.25) is 0 Å². The molecule has 9 atom stereocenters. The monoisotopic (exact) mass is 408 g/mol. The summed E-state index contributed by atoms with van der Waals surface area (Å²) >= 11 is 3.68. The van der Waals surface area contributed by atoms with Gasteiger partial charge in [0.25, 0.3) is 0 Å². The molecule has 0 amide bonds. The van der Waals surface area contributed by atoms with Crippen molar-refractivity contribution in [2.24, 2.45) is 46.8 Å². The highest BCUT2D eigenvalue weighted by Gasteiger charge is 2.58. The number of fused-ring (bicyclic) bond motifs is 5. The summed E-state index contributed by atoms with van der Waals surface area (Å²) in [5.74, 6) is 5.97. The molecule has 0 aromatic carbocycles. The third kappa shape index (κ3) is 2.89. The van der Waals surface area contributed by atoms with Gasteiger partial charge in [0.2, 0.25) is 0 Å². The summed E-state index contributed by atoms with van der Waals surface area (Å²) in [4.78, 5) is 0. The second-order valence-electron chi connectivity index (χ2n) is 10.7. The first kappa shape index (κ1) is 18.5. The lowest BCUT2D eigenvalue weighted by molar-refractivity contribution is -0.117. The maximum atomic E-state index is 10.6. The third-order valence-corrected chi connectivity index (χ3v) is 10.0. The fraction of sp³-hybridized carbons (Fsp3) is 0.913. The standard InChI is InChI=1S/C23H37BrO/c1-14-11-18-16(17-7-9-22(3,25)12-19(14)17)8-10-23(4)20(15(2)13-24)5-6-21(18)23/h14,16-21,25H,2,5-13H2,1,3-4H3/t14-,16-,17-,18-,19-,20-,21+,22-,23-/m1/s1. The molecule has 0 heterocycles. The van der Waals surface area contributed by atoms with E-state index in [1.54, 1.807) is 0 Å². The maximum absolute atomic E-state index is 10.6. The van der Waals surface area contributed by atoms with Crippen LogP contribution in [0.1, 0.15) is 72.1 Å². The van der Waals surface area contributed by atoms with Crippen LogP contribution in [-0.2, 0) is 0 Å². The minimum atomic E-state index is -0.405. The molecule has 0 aliphatic heterocycles. The van der Waals surface area contributed by atoms with Crippen LogP contribution in [-0.4, -0.2) is 16.0 Å². The van der Waals surface area contributed by atoms with Gasteiger partial charge in [0, 0.05) is 5.33 Å². The van der Waals surface area contributed by atoms with Gasteiger partial charge < -0.3 is 5.11 Å². The molecule has 4 aliphatic carbocycles. The molecule has 0 bridgehead atoms. The molecule has 25 heavy (non-hydrogen) atoms. The lowest BCUT2D eigenvalue weighted by atomic mass is 9.47. The molecule has 0 saturated heterocycles. The lowest BCUT2D eigenvalue weighted by Gasteiger charge is -2.59. The number of halogens is 1. The number of hydrogen-bond acceptors (Lipinski definition) is 1. The molecule has 4 rings (SSSR count). The first-order valence-corrected chi connectivity index (χ1v) is 11.8. The van der Waals surface area contributed by atoms with Crippen LogP contribution in [0.3, 0.4) is 0 Å². The summed E-state index contributed by atoms with van der Waals surface area (Å²) in [6.07, 6.45) is 10.4. The Hall–Kier alpha value is 0.180. The van der Waals surface area contributed by atoms with Crippen molar-refractivity contribution in [3.8, 4) is 0 Å². The maximum Gasteiger partial charge on any atom is 0.0622 e. The quantitative estimate of drug-likeness (QED) is 0.425. The van der Waals surface area contributed by atoms with Crippen molar-refractivity contribution in [2.45, 2.75) is 77.7 Å². The summed E-state index contributed by atoms with van der Waals surface area (Å²) in [6.45, 7) is 11.6. The zero-order valence-electron chi connectivity index (χ0n) is 16.4. The van der Waals surface area contributed by atoms with Crippen LogP contribution in [0.5, 0.6) is 0 Å². The third-order valence-electron chi connectivity index (χ3n) is 9.32. The molecule has 4 saturated carbocycles. The molecule has 2 heteroatoms. The Kier molecular flexibility index (Phi) is 4.72. The number of rotatable bonds is 2. The van der Waals surface area contributed by atoms with E-state index in [9.17, 15) is 5.11 Å². The van der Waals surface area contributed by atoms with E-state index in [4.69, 9.17) is 0 Å². The predicted octanol–water partition coefficient (Wildman–Crippen LogP) is 6.20. The van der Waals surface area contributed by atoms with Crippen molar-refractivity contribution >= 4 is 15.9 Å². The Labute approximate surface area is 163 Å². The molecular weight excluding hydrogens is 372 g/mol. The topological polar surface area (TPSA) is 20.2 Å². The Morgan fingerprint density at radius 2 is 1.72 bits per heavy atom. The van der Waals surface area contributed by atoms with Crippen LogP contribution in [0.4, 0.5) is 0 Å². The van der Waals surface area contributed by atoms with Gasteiger partial charge in [0.15, 0.2) is 0 Å². The minimum Gasteiger partial charge on any atom is -0.390 e. The highest BCUT2D eigenvalue weighted by molar-refractivity contribution is 9.09. The van der Waals surface area contributed by atoms with E-state index in [2.05, 4.69) is 43.3 Å². The summed E-state index contributed by atoms with van der Waals surface area (Å²) in [6, 6.07) is 0. The molecule has 1 N–H and O–H groups in total. The fourth-order valence-corrected chi connectivity index (χ4v) is 8.55. The summed E-state index contributed by atoms with van der Waals surface area (Å²) in [5, 5.41) is 11.6. The van der Waals surface area contributed by atoms with Crippen LogP contribution >= 0.6 is 15.9 Å². The number of allylic oxidation sites excluding steroid dienone is 1. The van der Waals surface area contributed by atoms with Crippen LogP contribution in [0.15, 0.2) is 12.2 Å². The van der Waals surface area contributed by atoms with Gasteiger partial charge in [-0.1, -0.05) is 41.9 Å². The number of aliphatic hydroxyl groups is 1. The highest BCUT2D eigenvalue weighted by Crippen LogP contribution is 2.66. The van der Waals surface area contributed by atoms with Gasteiger partial charge in [-0.05, 0) is 105 Å². The van der Waals surface area contributed by atoms with Gasteiger partial charge in [-0.25, -0.2) is 0 Å². The molecule has 0 spiro atoms. The van der Waals surface area contributed by atoms with Crippen molar-refractivity contribution in [2.75, 3.05) is 5.33 Å². The van der Waals surface area contributed by atoms with Gasteiger partial charge in [-0.2, -0.15) is 0 Å². The number of hydrogen-bond donors (Lipinski definition) is 1. The lowest BCUT2D eigenvalue weighted by Crippen LogP contribution is -2.52. The SMILES string of the molecule is C=C(CBr)[C@H]1CC[C@H]2[C@@H]3C[C@@H](C)[C@H]4C[C@](C)(O)CC[C@@H]4[C@H]3CC[C@]12C. The van der Waals surface area contributed by atoms with Gasteiger partial charge >= 0.3 is 0 Å². The van der Waals surface area contributed by atoms with E-state index in [0.717, 1.165) is 59.6 Å². The number of alkyl halides is 1. The minimum absolute atomic E-state index is 0.405. The highest BCUT2D eigenvalue weighted by atomic mass is 79.9. The largest absolute Gasteiger partial charge is 0.390 e. The Balaban J connectivity index is 1.58. The molecule has 142 valence electrons. The smallest absolute Gasteiger partial charge is 0.0622 e. The molecule has 1 nitrogen and oxygen atoms in total. The van der Waals surface area contributed by atoms with E-state index in [-0.39, 0.29) is 0 Å². The van der Waals surface area contributed by atoms with Crippen molar-refractivity contribution < 1.29 is 5.11 Å². The first-order chi connectivity index (χ1) is 11.8. The van der Waals surface area contributed by atoms with Gasteiger partial charge in [0.05, 0.1) is 5.60 Å². The molecule has 4 fully saturated rings. The van der Waals surface area contributed by atoms with Gasteiger partial charge in [-0.15, -0.1) is 0 Å². The predicted molar refractivity (Wildman–Crippen MR) is 109 cm³/mol. The summed E-state index contributed by atoms with van der Waals surface area (Å²) in [5.41, 5.74) is 1.54. The summed E-state index contributed by atoms with van der Waals surface area (Å²) in [7, 11) is 0. The fourth-order valence-electron chi connectivity index (χ4n) is 8.16. The average molecular weight is 409 g/mol. The zero-order valence-corrected chi connectivity index (χ0v) is 18.0. The molecule has 4 aliphatic rings. The normalized spacial score (nSPS) is 55.2. The second-order valence-corrected chi connectivity index (χ2v) is 11.2. The zero-order chi connectivity index (χ0) is 18.0. The second kappa shape index (κ2) is 6.36. The van der Waals surface area contributed by atoms with Crippen molar-refractivity contribution in [3.63, 3.8) is 0 Å². The molecule has 0 radical (unpaired) electrons.